The number of carbonyl (C=O) groups excluding carboxylic acids is 2. The second-order valence-corrected chi connectivity index (χ2v) is 8.17. The number of aromatic nitrogens is 3. The number of likely N-dealkylation sites (N-methyl/N-ethyl adjacent to an activating group) is 1. The standard InChI is InChI=1S/C24H30N6O5/c1-5-26-24(32)19(13-6-7-25-10-13)30-23(31)15-11-27-22-20(15)29-16(12-28-22)14-8-17(33-2)21(35-4)18(9-14)34-3/h8-9,11-13,19,25H,5-7,10H2,1-4H3,(H,26,32)(H,27,28)(H,30,31). The van der Waals surface area contributed by atoms with E-state index in [0.29, 0.717) is 58.3 Å². The molecular weight excluding hydrogens is 452 g/mol. The van der Waals surface area contributed by atoms with Crippen LogP contribution in [-0.4, -0.2) is 73.8 Å². The molecule has 0 radical (unpaired) electrons. The van der Waals surface area contributed by atoms with Crippen LogP contribution in [0, 0.1) is 5.92 Å². The summed E-state index contributed by atoms with van der Waals surface area (Å²) in [6, 6.07) is 2.89. The van der Waals surface area contributed by atoms with Crippen LogP contribution in [0.1, 0.15) is 23.7 Å². The highest BCUT2D eigenvalue weighted by molar-refractivity contribution is 6.06. The first kappa shape index (κ1) is 24.3. The Labute approximate surface area is 203 Å². The number of methoxy groups -OCH3 is 3. The van der Waals surface area contributed by atoms with Crippen molar-refractivity contribution in [2.24, 2.45) is 5.92 Å². The molecule has 2 amide bonds. The van der Waals surface area contributed by atoms with Gasteiger partial charge < -0.3 is 35.1 Å². The SMILES string of the molecule is CCNC(=O)C(NC(=O)c1c[nH]c2ncc(-c3cc(OC)c(OC)c(OC)c3)nc12)C1CCNC1. The van der Waals surface area contributed by atoms with Crippen LogP contribution < -0.4 is 30.2 Å². The topological polar surface area (TPSA) is 139 Å². The van der Waals surface area contributed by atoms with E-state index >= 15 is 0 Å². The zero-order valence-corrected chi connectivity index (χ0v) is 20.2. The molecule has 3 heterocycles. The molecule has 4 N–H and O–H groups in total. The molecule has 1 aliphatic rings. The van der Waals surface area contributed by atoms with E-state index in [1.165, 1.54) is 21.3 Å². The van der Waals surface area contributed by atoms with Crippen LogP contribution in [0.15, 0.2) is 24.5 Å². The van der Waals surface area contributed by atoms with Crippen molar-refractivity contribution in [3.8, 4) is 28.5 Å². The minimum atomic E-state index is -0.645. The average Bonchev–Trinajstić information content (AvgIpc) is 3.56. The molecule has 1 fully saturated rings. The minimum Gasteiger partial charge on any atom is -0.493 e. The van der Waals surface area contributed by atoms with Crippen LogP contribution in [0.5, 0.6) is 17.2 Å². The van der Waals surface area contributed by atoms with Gasteiger partial charge in [-0.1, -0.05) is 0 Å². The number of fused-ring (bicyclic) bond motifs is 1. The van der Waals surface area contributed by atoms with Gasteiger partial charge in [0.15, 0.2) is 17.1 Å². The Balaban J connectivity index is 1.68. The van der Waals surface area contributed by atoms with Crippen LogP contribution >= 0.6 is 0 Å². The van der Waals surface area contributed by atoms with Crippen LogP contribution in [0.4, 0.5) is 0 Å². The van der Waals surface area contributed by atoms with E-state index < -0.39 is 11.9 Å². The number of H-pyrrole nitrogens is 1. The molecule has 3 aromatic rings. The van der Waals surface area contributed by atoms with E-state index in [9.17, 15) is 9.59 Å². The van der Waals surface area contributed by atoms with Gasteiger partial charge in [-0.3, -0.25) is 9.59 Å². The van der Waals surface area contributed by atoms with Crippen molar-refractivity contribution >= 4 is 23.0 Å². The van der Waals surface area contributed by atoms with Gasteiger partial charge in [0, 0.05) is 30.8 Å². The zero-order valence-electron chi connectivity index (χ0n) is 20.2. The summed E-state index contributed by atoms with van der Waals surface area (Å²) in [5.74, 6) is 0.842. The molecule has 2 atom stereocenters. The van der Waals surface area contributed by atoms with Crippen molar-refractivity contribution in [2.75, 3.05) is 41.0 Å². The van der Waals surface area contributed by atoms with E-state index in [0.717, 1.165) is 13.0 Å². The number of nitrogens with one attached hydrogen (secondary N) is 4. The molecular formula is C24H30N6O5. The zero-order chi connectivity index (χ0) is 24.9. The quantitative estimate of drug-likeness (QED) is 0.360. The Hall–Kier alpha value is -3.86. The molecule has 186 valence electrons. The van der Waals surface area contributed by atoms with Gasteiger partial charge >= 0.3 is 0 Å². The lowest BCUT2D eigenvalue weighted by molar-refractivity contribution is -0.124. The number of hydrogen-bond donors (Lipinski definition) is 4. The highest BCUT2D eigenvalue weighted by Gasteiger charge is 2.32. The summed E-state index contributed by atoms with van der Waals surface area (Å²) >= 11 is 0. The van der Waals surface area contributed by atoms with Gasteiger partial charge in [0.2, 0.25) is 11.7 Å². The summed E-state index contributed by atoms with van der Waals surface area (Å²) in [5.41, 5.74) is 2.36. The van der Waals surface area contributed by atoms with Crippen LogP contribution in [-0.2, 0) is 4.79 Å². The van der Waals surface area contributed by atoms with Gasteiger partial charge in [-0.2, -0.15) is 0 Å². The second-order valence-electron chi connectivity index (χ2n) is 8.17. The monoisotopic (exact) mass is 482 g/mol. The third kappa shape index (κ3) is 4.85. The third-order valence-corrected chi connectivity index (χ3v) is 6.08. The van der Waals surface area contributed by atoms with Gasteiger partial charge in [0.1, 0.15) is 11.6 Å². The maximum Gasteiger partial charge on any atom is 0.255 e. The maximum absolute atomic E-state index is 13.3. The van der Waals surface area contributed by atoms with Gasteiger partial charge in [0.25, 0.3) is 5.91 Å². The second kappa shape index (κ2) is 10.6. The molecule has 2 aromatic heterocycles. The van der Waals surface area contributed by atoms with E-state index in [2.05, 4.69) is 25.9 Å². The summed E-state index contributed by atoms with van der Waals surface area (Å²) in [6.45, 7) is 3.82. The smallest absolute Gasteiger partial charge is 0.255 e. The summed E-state index contributed by atoms with van der Waals surface area (Å²) in [5, 5.41) is 8.98. The highest BCUT2D eigenvalue weighted by atomic mass is 16.5. The first-order chi connectivity index (χ1) is 17.0. The van der Waals surface area contributed by atoms with E-state index in [-0.39, 0.29) is 11.8 Å². The minimum absolute atomic E-state index is 0.0107. The van der Waals surface area contributed by atoms with Gasteiger partial charge in [0.05, 0.1) is 38.8 Å². The Bertz CT molecular complexity index is 1200. The fourth-order valence-electron chi connectivity index (χ4n) is 4.29. The molecule has 0 aliphatic carbocycles. The van der Waals surface area contributed by atoms with Crippen LogP contribution in [0.3, 0.4) is 0 Å². The number of nitrogens with zero attached hydrogens (tertiary/aromatic N) is 2. The third-order valence-electron chi connectivity index (χ3n) is 6.08. The van der Waals surface area contributed by atoms with Gasteiger partial charge in [-0.05, 0) is 32.0 Å². The van der Waals surface area contributed by atoms with Gasteiger partial charge in [-0.15, -0.1) is 0 Å². The van der Waals surface area contributed by atoms with Crippen molar-refractivity contribution in [1.82, 2.24) is 30.9 Å². The molecule has 2 unspecified atom stereocenters. The Morgan fingerprint density at radius 3 is 2.51 bits per heavy atom. The lowest BCUT2D eigenvalue weighted by Gasteiger charge is -2.23. The van der Waals surface area contributed by atoms with Crippen LogP contribution in [0.2, 0.25) is 0 Å². The number of carbonyl (C=O) groups is 2. The van der Waals surface area contributed by atoms with Crippen LogP contribution in [0.25, 0.3) is 22.4 Å². The van der Waals surface area contributed by atoms with E-state index in [4.69, 9.17) is 19.2 Å². The molecule has 1 saturated heterocycles. The Morgan fingerprint density at radius 1 is 1.17 bits per heavy atom. The predicted molar refractivity (Wildman–Crippen MR) is 130 cm³/mol. The molecule has 0 saturated carbocycles. The lowest BCUT2D eigenvalue weighted by Crippen LogP contribution is -2.51. The summed E-state index contributed by atoms with van der Waals surface area (Å²) in [7, 11) is 4.61. The number of hydrogen-bond acceptors (Lipinski definition) is 8. The van der Waals surface area contributed by atoms with Crippen molar-refractivity contribution in [3.05, 3.63) is 30.1 Å². The fourth-order valence-corrected chi connectivity index (χ4v) is 4.29. The normalized spacial score (nSPS) is 16.1. The number of ether oxygens (including phenoxy) is 3. The van der Waals surface area contributed by atoms with Crippen molar-refractivity contribution in [1.29, 1.82) is 0 Å². The number of amides is 2. The number of rotatable bonds is 9. The molecule has 1 aliphatic heterocycles. The van der Waals surface area contributed by atoms with Gasteiger partial charge in [-0.25, -0.2) is 9.97 Å². The van der Waals surface area contributed by atoms with Crippen molar-refractivity contribution in [2.45, 2.75) is 19.4 Å². The van der Waals surface area contributed by atoms with E-state index in [1.807, 2.05) is 6.92 Å². The molecule has 4 rings (SSSR count). The van der Waals surface area contributed by atoms with Crippen molar-refractivity contribution < 1.29 is 23.8 Å². The molecule has 0 spiro atoms. The molecule has 0 bridgehead atoms. The highest BCUT2D eigenvalue weighted by Crippen LogP contribution is 2.40. The maximum atomic E-state index is 13.3. The molecule has 1 aromatic carbocycles. The Morgan fingerprint density at radius 2 is 1.91 bits per heavy atom. The predicted octanol–water partition coefficient (Wildman–Crippen LogP) is 1.49. The summed E-state index contributed by atoms with van der Waals surface area (Å²) in [6.07, 6.45) is 3.96. The summed E-state index contributed by atoms with van der Waals surface area (Å²) < 4.78 is 16.3. The Kier molecular flexibility index (Phi) is 7.35. The fraction of sp³-hybridized carbons (Fsp3) is 0.417. The molecule has 11 nitrogen and oxygen atoms in total. The first-order valence-corrected chi connectivity index (χ1v) is 11.4. The van der Waals surface area contributed by atoms with Crippen molar-refractivity contribution in [3.63, 3.8) is 0 Å². The molecule has 35 heavy (non-hydrogen) atoms. The number of benzene rings is 1. The average molecular weight is 483 g/mol. The largest absolute Gasteiger partial charge is 0.493 e. The lowest BCUT2D eigenvalue weighted by atomic mass is 9.97. The molecule has 11 heteroatoms. The van der Waals surface area contributed by atoms with E-state index in [1.54, 1.807) is 24.5 Å². The first-order valence-electron chi connectivity index (χ1n) is 11.4. The number of aromatic amines is 1. The summed E-state index contributed by atoms with van der Waals surface area (Å²) in [4.78, 5) is 38.1.